The Morgan fingerprint density at radius 3 is 2.88 bits per heavy atom. The molecule has 1 aromatic rings. The number of methoxy groups -OCH3 is 1. The second kappa shape index (κ2) is 4.53. The first-order valence-electron chi connectivity index (χ1n) is 5.98. The maximum atomic E-state index is 5.65. The molecule has 1 unspecified atom stereocenters. The van der Waals surface area contributed by atoms with Gasteiger partial charge in [-0.25, -0.2) is 4.98 Å². The number of ether oxygens (including phenoxy) is 1. The van der Waals surface area contributed by atoms with Crippen LogP contribution in [0.5, 0.6) is 0 Å². The number of nitrogens with two attached hydrogens (primary N) is 1. The molecular formula is C13H21N3O. The quantitative estimate of drug-likeness (QED) is 0.867. The summed E-state index contributed by atoms with van der Waals surface area (Å²) in [6, 6.07) is 3.89. The molecule has 2 rings (SSSR count). The topological polar surface area (TPSA) is 51.4 Å². The van der Waals surface area contributed by atoms with Crippen LogP contribution in [0.4, 0.5) is 11.5 Å². The highest BCUT2D eigenvalue weighted by Crippen LogP contribution is 2.37. The van der Waals surface area contributed by atoms with Crippen LogP contribution < -0.4 is 10.6 Å². The van der Waals surface area contributed by atoms with Gasteiger partial charge in [-0.15, -0.1) is 0 Å². The maximum Gasteiger partial charge on any atom is 0.128 e. The van der Waals surface area contributed by atoms with Crippen LogP contribution in [0, 0.1) is 11.3 Å². The Morgan fingerprint density at radius 1 is 1.53 bits per heavy atom. The van der Waals surface area contributed by atoms with Gasteiger partial charge < -0.3 is 15.4 Å². The zero-order valence-corrected chi connectivity index (χ0v) is 10.8. The zero-order chi connectivity index (χ0) is 12.5. The molecule has 1 aliphatic rings. The molecule has 1 aromatic heterocycles. The van der Waals surface area contributed by atoms with E-state index in [0.29, 0.717) is 11.6 Å². The molecule has 0 aromatic carbocycles. The molecule has 1 fully saturated rings. The van der Waals surface area contributed by atoms with Gasteiger partial charge in [-0.2, -0.15) is 0 Å². The van der Waals surface area contributed by atoms with E-state index in [1.165, 1.54) is 0 Å². The molecule has 4 heteroatoms. The molecule has 0 amide bonds. The summed E-state index contributed by atoms with van der Waals surface area (Å²) in [5, 5.41) is 0. The van der Waals surface area contributed by atoms with Crippen molar-refractivity contribution in [3.8, 4) is 0 Å². The van der Waals surface area contributed by atoms with Crippen LogP contribution in [0.2, 0.25) is 0 Å². The number of anilines is 2. The molecule has 94 valence electrons. The van der Waals surface area contributed by atoms with Gasteiger partial charge in [-0.3, -0.25) is 0 Å². The third-order valence-electron chi connectivity index (χ3n) is 3.61. The predicted octanol–water partition coefficient (Wildman–Crippen LogP) is 1.77. The fourth-order valence-corrected chi connectivity index (χ4v) is 2.44. The van der Waals surface area contributed by atoms with Crippen molar-refractivity contribution in [1.82, 2.24) is 4.98 Å². The fourth-order valence-electron chi connectivity index (χ4n) is 2.44. The zero-order valence-electron chi connectivity index (χ0n) is 10.8. The molecule has 1 aliphatic heterocycles. The summed E-state index contributed by atoms with van der Waals surface area (Å²) in [4.78, 5) is 6.69. The first-order valence-corrected chi connectivity index (χ1v) is 5.98. The Balaban J connectivity index is 2.12. The molecule has 0 spiro atoms. The average Bonchev–Trinajstić information content (AvgIpc) is 2.56. The highest BCUT2D eigenvalue weighted by molar-refractivity contribution is 5.47. The number of nitrogens with zero attached hydrogens (tertiary/aromatic N) is 2. The number of hydrogen-bond donors (Lipinski definition) is 1. The Bertz CT molecular complexity index is 375. The van der Waals surface area contributed by atoms with E-state index in [4.69, 9.17) is 10.5 Å². The maximum absolute atomic E-state index is 5.65. The van der Waals surface area contributed by atoms with Crippen molar-refractivity contribution >= 4 is 11.5 Å². The van der Waals surface area contributed by atoms with E-state index < -0.39 is 0 Å². The second-order valence-electron chi connectivity index (χ2n) is 5.47. The van der Waals surface area contributed by atoms with Crippen molar-refractivity contribution < 1.29 is 4.74 Å². The Labute approximate surface area is 103 Å². The highest BCUT2D eigenvalue weighted by atomic mass is 16.5. The van der Waals surface area contributed by atoms with E-state index in [0.717, 1.165) is 25.5 Å². The van der Waals surface area contributed by atoms with Crippen molar-refractivity contribution in [2.24, 2.45) is 11.3 Å². The van der Waals surface area contributed by atoms with Crippen LogP contribution in [-0.2, 0) is 4.74 Å². The summed E-state index contributed by atoms with van der Waals surface area (Å²) in [5.74, 6) is 1.55. The third-order valence-corrected chi connectivity index (χ3v) is 3.61. The van der Waals surface area contributed by atoms with Crippen LogP contribution in [-0.4, -0.2) is 31.8 Å². The molecule has 1 saturated heterocycles. The predicted molar refractivity (Wildman–Crippen MR) is 70.0 cm³/mol. The first kappa shape index (κ1) is 12.2. The van der Waals surface area contributed by atoms with Crippen LogP contribution in [0.1, 0.15) is 13.8 Å². The number of pyridine rings is 1. The van der Waals surface area contributed by atoms with Gasteiger partial charge in [0.05, 0.1) is 18.5 Å². The number of hydrogen-bond acceptors (Lipinski definition) is 4. The molecule has 1 atom stereocenters. The summed E-state index contributed by atoms with van der Waals surface area (Å²) in [5.41, 5.74) is 6.62. The van der Waals surface area contributed by atoms with Crippen LogP contribution in [0.3, 0.4) is 0 Å². The summed E-state index contributed by atoms with van der Waals surface area (Å²) < 4.78 is 5.30. The number of rotatable bonds is 3. The van der Waals surface area contributed by atoms with Gasteiger partial charge in [-0.1, -0.05) is 13.8 Å². The first-order chi connectivity index (χ1) is 8.03. The van der Waals surface area contributed by atoms with Crippen molar-refractivity contribution in [2.45, 2.75) is 13.8 Å². The molecular weight excluding hydrogens is 214 g/mol. The summed E-state index contributed by atoms with van der Waals surface area (Å²) >= 11 is 0. The minimum absolute atomic E-state index is 0.263. The molecule has 17 heavy (non-hydrogen) atoms. The molecule has 0 aliphatic carbocycles. The van der Waals surface area contributed by atoms with Crippen molar-refractivity contribution in [2.75, 3.05) is 37.4 Å². The van der Waals surface area contributed by atoms with Crippen molar-refractivity contribution in [1.29, 1.82) is 0 Å². The van der Waals surface area contributed by atoms with Gasteiger partial charge in [0.1, 0.15) is 5.82 Å². The lowest BCUT2D eigenvalue weighted by Gasteiger charge is -2.24. The van der Waals surface area contributed by atoms with E-state index >= 15 is 0 Å². The second-order valence-corrected chi connectivity index (χ2v) is 5.47. The van der Waals surface area contributed by atoms with Crippen molar-refractivity contribution in [3.05, 3.63) is 18.3 Å². The molecule has 2 N–H and O–H groups in total. The minimum atomic E-state index is 0.263. The van der Waals surface area contributed by atoms with E-state index in [-0.39, 0.29) is 5.41 Å². The fraction of sp³-hybridized carbons (Fsp3) is 0.615. The molecule has 4 nitrogen and oxygen atoms in total. The number of nitrogen functional groups attached to an aromatic ring is 1. The lowest BCUT2D eigenvalue weighted by molar-refractivity contribution is 0.112. The minimum Gasteiger partial charge on any atom is -0.397 e. The molecule has 0 saturated carbocycles. The summed E-state index contributed by atoms with van der Waals surface area (Å²) in [6.07, 6.45) is 1.71. The lowest BCUT2D eigenvalue weighted by atomic mass is 9.83. The standard InChI is InChI=1S/C13H21N3O/c1-13(2)9-16(7-10(13)8-17-3)12-5-4-11(14)6-15-12/h4-6,10H,7-9,14H2,1-3H3. The van der Waals surface area contributed by atoms with Gasteiger partial charge in [-0.05, 0) is 17.5 Å². The third kappa shape index (κ3) is 2.52. The van der Waals surface area contributed by atoms with Gasteiger partial charge in [0, 0.05) is 26.1 Å². The average molecular weight is 235 g/mol. The van der Waals surface area contributed by atoms with Gasteiger partial charge in [0.15, 0.2) is 0 Å². The van der Waals surface area contributed by atoms with Gasteiger partial charge >= 0.3 is 0 Å². The molecule has 0 bridgehead atoms. The SMILES string of the molecule is COCC1CN(c2ccc(N)cn2)CC1(C)C. The van der Waals surface area contributed by atoms with Gasteiger partial charge in [0.2, 0.25) is 0 Å². The van der Waals surface area contributed by atoms with Crippen molar-refractivity contribution in [3.63, 3.8) is 0 Å². The smallest absolute Gasteiger partial charge is 0.128 e. The van der Waals surface area contributed by atoms with Gasteiger partial charge in [0.25, 0.3) is 0 Å². The molecule has 0 radical (unpaired) electrons. The lowest BCUT2D eigenvalue weighted by Crippen LogP contribution is -2.25. The largest absolute Gasteiger partial charge is 0.397 e. The van der Waals surface area contributed by atoms with Crippen LogP contribution in [0.25, 0.3) is 0 Å². The van der Waals surface area contributed by atoms with E-state index in [1.54, 1.807) is 13.3 Å². The van der Waals surface area contributed by atoms with E-state index in [1.807, 2.05) is 12.1 Å². The number of aromatic nitrogens is 1. The summed E-state index contributed by atoms with van der Waals surface area (Å²) in [7, 11) is 1.76. The molecule has 2 heterocycles. The summed E-state index contributed by atoms with van der Waals surface area (Å²) in [6.45, 7) is 7.39. The highest BCUT2D eigenvalue weighted by Gasteiger charge is 2.39. The van der Waals surface area contributed by atoms with E-state index in [2.05, 4.69) is 23.7 Å². The normalized spacial score (nSPS) is 23.0. The Morgan fingerprint density at radius 2 is 2.29 bits per heavy atom. The van der Waals surface area contributed by atoms with Crippen LogP contribution >= 0.6 is 0 Å². The van der Waals surface area contributed by atoms with Crippen LogP contribution in [0.15, 0.2) is 18.3 Å². The van der Waals surface area contributed by atoms with E-state index in [9.17, 15) is 0 Å². The Kier molecular flexibility index (Phi) is 3.24. The monoisotopic (exact) mass is 235 g/mol. The Hall–Kier alpha value is -1.29.